The average molecular weight is 401 g/mol. The number of thioether (sulfide) groups is 1. The van der Waals surface area contributed by atoms with Crippen LogP contribution in [0.25, 0.3) is 11.3 Å². The average Bonchev–Trinajstić information content (AvgIpc) is 3.25. The summed E-state index contributed by atoms with van der Waals surface area (Å²) < 4.78 is 18.1. The molecule has 0 aliphatic carbocycles. The van der Waals surface area contributed by atoms with Crippen molar-refractivity contribution in [3.63, 3.8) is 0 Å². The van der Waals surface area contributed by atoms with Gasteiger partial charge in [0.15, 0.2) is 10.9 Å². The number of Topliss-reactive ketones (excluding diaryl/α,β-unsaturated/α-hetero) is 1. The third kappa shape index (κ3) is 4.17. The lowest BCUT2D eigenvalue weighted by atomic mass is 10.1. The summed E-state index contributed by atoms with van der Waals surface area (Å²) in [6.45, 7) is 5.49. The van der Waals surface area contributed by atoms with E-state index < -0.39 is 5.97 Å². The second kappa shape index (κ2) is 8.43. The first-order chi connectivity index (χ1) is 13.4. The highest BCUT2D eigenvalue weighted by Crippen LogP contribution is 2.25. The Kier molecular flexibility index (Phi) is 5.99. The van der Waals surface area contributed by atoms with Crippen molar-refractivity contribution in [2.24, 2.45) is 0 Å². The molecule has 3 aromatic rings. The van der Waals surface area contributed by atoms with Crippen LogP contribution >= 0.6 is 11.8 Å². The number of aryl methyl sites for hydroxylation is 1. The molecule has 6 nitrogen and oxygen atoms in total. The Morgan fingerprint density at radius 1 is 1.18 bits per heavy atom. The van der Waals surface area contributed by atoms with E-state index in [1.54, 1.807) is 39.1 Å². The molecule has 0 saturated heterocycles. The Balaban J connectivity index is 1.70. The van der Waals surface area contributed by atoms with E-state index in [4.69, 9.17) is 4.74 Å². The van der Waals surface area contributed by atoms with Gasteiger partial charge in [-0.2, -0.15) is 0 Å². The van der Waals surface area contributed by atoms with Gasteiger partial charge < -0.3 is 14.7 Å². The van der Waals surface area contributed by atoms with E-state index >= 15 is 0 Å². The van der Waals surface area contributed by atoms with Gasteiger partial charge in [0.05, 0.1) is 24.3 Å². The lowest BCUT2D eigenvalue weighted by molar-refractivity contribution is 0.0519. The zero-order valence-corrected chi connectivity index (χ0v) is 16.6. The monoisotopic (exact) mass is 401 g/mol. The van der Waals surface area contributed by atoms with E-state index in [1.807, 2.05) is 0 Å². The summed E-state index contributed by atoms with van der Waals surface area (Å²) in [4.78, 5) is 35.0. The van der Waals surface area contributed by atoms with Gasteiger partial charge >= 0.3 is 5.97 Å². The van der Waals surface area contributed by atoms with E-state index in [-0.39, 0.29) is 24.0 Å². The SMILES string of the molecule is CCOC(=O)c1[nH]c(C)c(C(=O)CSc2ncc(-c3ccc(F)cc3)[nH]2)c1C. The molecule has 8 heteroatoms. The van der Waals surface area contributed by atoms with Crippen LogP contribution in [0.3, 0.4) is 0 Å². The smallest absolute Gasteiger partial charge is 0.355 e. The molecule has 2 aromatic heterocycles. The maximum atomic E-state index is 13.0. The minimum Gasteiger partial charge on any atom is -0.461 e. The quantitative estimate of drug-likeness (QED) is 0.350. The Morgan fingerprint density at radius 2 is 1.89 bits per heavy atom. The maximum Gasteiger partial charge on any atom is 0.355 e. The summed E-state index contributed by atoms with van der Waals surface area (Å²) in [7, 11) is 0. The van der Waals surface area contributed by atoms with Crippen LogP contribution < -0.4 is 0 Å². The van der Waals surface area contributed by atoms with Gasteiger partial charge in [0.1, 0.15) is 11.5 Å². The number of H-pyrrole nitrogens is 2. The third-order valence-corrected chi connectivity index (χ3v) is 5.13. The molecule has 0 atom stereocenters. The first-order valence-corrected chi connectivity index (χ1v) is 9.72. The van der Waals surface area contributed by atoms with E-state index in [0.29, 0.717) is 27.7 Å². The summed E-state index contributed by atoms with van der Waals surface area (Å²) in [5.74, 6) is -0.711. The molecule has 146 valence electrons. The molecule has 0 saturated carbocycles. The van der Waals surface area contributed by atoms with Gasteiger partial charge in [-0.25, -0.2) is 14.2 Å². The third-order valence-electron chi connectivity index (χ3n) is 4.24. The van der Waals surface area contributed by atoms with Crippen LogP contribution in [-0.4, -0.2) is 39.1 Å². The van der Waals surface area contributed by atoms with Crippen molar-refractivity contribution in [3.8, 4) is 11.3 Å². The molecule has 3 rings (SSSR count). The van der Waals surface area contributed by atoms with Gasteiger partial charge in [0.2, 0.25) is 0 Å². The highest BCUT2D eigenvalue weighted by Gasteiger charge is 2.23. The van der Waals surface area contributed by atoms with Crippen molar-refractivity contribution in [1.82, 2.24) is 15.0 Å². The normalized spacial score (nSPS) is 10.9. The summed E-state index contributed by atoms with van der Waals surface area (Å²) in [6, 6.07) is 6.08. The summed E-state index contributed by atoms with van der Waals surface area (Å²) in [5.41, 5.74) is 3.59. The Hall–Kier alpha value is -2.87. The van der Waals surface area contributed by atoms with Gasteiger partial charge in [-0.15, -0.1) is 0 Å². The lowest BCUT2D eigenvalue weighted by Crippen LogP contribution is -2.08. The number of nitrogens with zero attached hydrogens (tertiary/aromatic N) is 1. The fourth-order valence-corrected chi connectivity index (χ4v) is 3.66. The highest BCUT2D eigenvalue weighted by atomic mass is 32.2. The van der Waals surface area contributed by atoms with Gasteiger partial charge in [0, 0.05) is 11.3 Å². The number of halogens is 1. The van der Waals surface area contributed by atoms with E-state index in [2.05, 4.69) is 15.0 Å². The van der Waals surface area contributed by atoms with Crippen molar-refractivity contribution in [2.75, 3.05) is 12.4 Å². The minimum atomic E-state index is -0.468. The van der Waals surface area contributed by atoms with Crippen LogP contribution in [0.2, 0.25) is 0 Å². The zero-order chi connectivity index (χ0) is 20.3. The lowest BCUT2D eigenvalue weighted by Gasteiger charge is -2.02. The predicted octanol–water partition coefficient (Wildman–Crippen LogP) is 4.31. The summed E-state index contributed by atoms with van der Waals surface area (Å²) in [5, 5.41) is 0.587. The number of aromatic amines is 2. The molecule has 0 aliphatic rings. The summed E-state index contributed by atoms with van der Waals surface area (Å²) in [6.07, 6.45) is 1.64. The zero-order valence-electron chi connectivity index (χ0n) is 15.8. The van der Waals surface area contributed by atoms with E-state index in [9.17, 15) is 14.0 Å². The first-order valence-electron chi connectivity index (χ1n) is 8.74. The molecule has 0 amide bonds. The number of imidazole rings is 1. The molecule has 1 aromatic carbocycles. The van der Waals surface area contributed by atoms with Gasteiger partial charge in [-0.3, -0.25) is 4.79 Å². The van der Waals surface area contributed by atoms with Crippen molar-refractivity contribution in [2.45, 2.75) is 25.9 Å². The molecule has 28 heavy (non-hydrogen) atoms. The van der Waals surface area contributed by atoms with Crippen LogP contribution in [0.1, 0.15) is 39.0 Å². The summed E-state index contributed by atoms with van der Waals surface area (Å²) >= 11 is 1.27. The van der Waals surface area contributed by atoms with Crippen LogP contribution in [0.5, 0.6) is 0 Å². The Bertz CT molecular complexity index is 1010. The highest BCUT2D eigenvalue weighted by molar-refractivity contribution is 7.99. The first kappa shape index (κ1) is 19.9. The van der Waals surface area contributed by atoms with Crippen molar-refractivity contribution >= 4 is 23.5 Å². The number of hydrogen-bond acceptors (Lipinski definition) is 5. The molecule has 0 aliphatic heterocycles. The van der Waals surface area contributed by atoms with Crippen molar-refractivity contribution < 1.29 is 18.7 Å². The second-order valence-corrected chi connectivity index (χ2v) is 7.13. The largest absolute Gasteiger partial charge is 0.461 e. The Labute approximate surface area is 165 Å². The van der Waals surface area contributed by atoms with E-state index in [1.165, 1.54) is 23.9 Å². The molecule has 0 radical (unpaired) electrons. The van der Waals surface area contributed by atoms with Crippen LogP contribution in [0.4, 0.5) is 4.39 Å². The number of ether oxygens (including phenoxy) is 1. The maximum absolute atomic E-state index is 13.0. The van der Waals surface area contributed by atoms with Gasteiger partial charge in [0.25, 0.3) is 0 Å². The number of rotatable bonds is 7. The Morgan fingerprint density at radius 3 is 2.57 bits per heavy atom. The number of ketones is 1. The number of nitrogens with one attached hydrogen (secondary N) is 2. The van der Waals surface area contributed by atoms with Gasteiger partial charge in [-0.05, 0) is 56.2 Å². The molecular formula is C20H20FN3O3S. The number of carbonyl (C=O) groups excluding carboxylic acids is 2. The number of benzene rings is 1. The number of carbonyl (C=O) groups is 2. The van der Waals surface area contributed by atoms with Crippen molar-refractivity contribution in [1.29, 1.82) is 0 Å². The molecular weight excluding hydrogens is 381 g/mol. The molecule has 0 bridgehead atoms. The van der Waals surface area contributed by atoms with Crippen molar-refractivity contribution in [3.05, 3.63) is 58.8 Å². The molecule has 0 spiro atoms. The minimum absolute atomic E-state index is 0.105. The fourth-order valence-electron chi connectivity index (χ4n) is 2.93. The van der Waals surface area contributed by atoms with Crippen LogP contribution in [0, 0.1) is 19.7 Å². The van der Waals surface area contributed by atoms with Gasteiger partial charge in [-0.1, -0.05) is 11.8 Å². The molecule has 0 fully saturated rings. The predicted molar refractivity (Wildman–Crippen MR) is 105 cm³/mol. The number of aromatic nitrogens is 3. The standard InChI is InChI=1S/C20H20FN3O3S/c1-4-27-19(26)18-11(2)17(12(3)23-18)16(25)10-28-20-22-9-15(24-20)13-5-7-14(21)8-6-13/h5-9,23H,4,10H2,1-3H3,(H,22,24). The molecule has 0 unspecified atom stereocenters. The molecule has 2 heterocycles. The van der Waals surface area contributed by atoms with Crippen LogP contribution in [0.15, 0.2) is 35.6 Å². The number of hydrogen-bond donors (Lipinski definition) is 2. The molecule has 2 N–H and O–H groups in total. The fraction of sp³-hybridized carbons (Fsp3) is 0.250. The van der Waals surface area contributed by atoms with E-state index in [0.717, 1.165) is 11.3 Å². The topological polar surface area (TPSA) is 87.8 Å². The second-order valence-electron chi connectivity index (χ2n) is 6.17. The van der Waals surface area contributed by atoms with Crippen LogP contribution in [-0.2, 0) is 4.74 Å². The number of esters is 1.